The van der Waals surface area contributed by atoms with E-state index in [9.17, 15) is 33.3 Å². The van der Waals surface area contributed by atoms with Crippen molar-refractivity contribution in [3.05, 3.63) is 156 Å². The molecule has 0 atom stereocenters. The summed E-state index contributed by atoms with van der Waals surface area (Å²) in [6.07, 6.45) is 0.131. The van der Waals surface area contributed by atoms with Crippen LogP contribution in [-0.2, 0) is 12.8 Å². The van der Waals surface area contributed by atoms with Crippen LogP contribution in [0.15, 0.2) is 60.7 Å². The highest BCUT2D eigenvalue weighted by Gasteiger charge is 2.34. The van der Waals surface area contributed by atoms with Crippen LogP contribution in [0.3, 0.4) is 0 Å². The van der Waals surface area contributed by atoms with E-state index in [1.807, 2.05) is 12.1 Å². The minimum absolute atomic E-state index is 0.0643. The van der Waals surface area contributed by atoms with Gasteiger partial charge in [-0.3, -0.25) is 0 Å². The number of fused-ring (bicyclic) bond motifs is 6. The Kier molecular flexibility index (Phi) is 7.24. The molecule has 0 saturated heterocycles. The summed E-state index contributed by atoms with van der Waals surface area (Å²) in [7, 11) is 0. The van der Waals surface area contributed by atoms with Crippen molar-refractivity contribution in [1.82, 2.24) is 0 Å². The molecule has 0 fully saturated rings. The van der Waals surface area contributed by atoms with Crippen molar-refractivity contribution >= 4 is 17.1 Å². The number of nitriles is 3. The zero-order chi connectivity index (χ0) is 35.4. The maximum atomic E-state index is 14.8. The summed E-state index contributed by atoms with van der Waals surface area (Å²) in [6, 6.07) is 19.7. The van der Waals surface area contributed by atoms with Crippen molar-refractivity contribution in [3.8, 4) is 62.7 Å². The Morgan fingerprint density at radius 2 is 1.00 bits per heavy atom. The third-order valence-electron chi connectivity index (χ3n) is 9.12. The topological polar surface area (TPSA) is 84.4 Å². The Morgan fingerprint density at radius 1 is 0.580 bits per heavy atom. The summed E-state index contributed by atoms with van der Waals surface area (Å²) in [5.41, 5.74) is 3.03. The van der Waals surface area contributed by atoms with Crippen molar-refractivity contribution in [2.24, 2.45) is 0 Å². The van der Waals surface area contributed by atoms with Crippen molar-refractivity contribution < 1.29 is 17.6 Å². The van der Waals surface area contributed by atoms with Gasteiger partial charge in [-0.05, 0) is 109 Å². The fraction of sp³-hybridized carbons (Fsp3) is 0.0500. The number of benzene rings is 5. The molecular weight excluding hydrogens is 640 g/mol. The van der Waals surface area contributed by atoms with Crippen LogP contribution in [0, 0.1) is 77.0 Å². The SMILES string of the molecule is [C-]#[N+]/C(C#N)=c1/c2c(/c(=C(\C#N)[N+]#[C-])c3c1Cc1c(-c4cc(F)c([N+]#[C-])c(F)c4)cccc1-3)-c1cccc(-c3cc(F)c(C#N)c(F)c3)c1C2. The Morgan fingerprint density at radius 3 is 1.40 bits per heavy atom. The van der Waals surface area contributed by atoms with Crippen molar-refractivity contribution in [1.29, 1.82) is 15.8 Å². The second-order valence-electron chi connectivity index (χ2n) is 11.4. The lowest BCUT2D eigenvalue weighted by Crippen LogP contribution is -2.25. The van der Waals surface area contributed by atoms with Crippen molar-refractivity contribution in [3.63, 3.8) is 0 Å². The van der Waals surface area contributed by atoms with Crippen LogP contribution in [0.2, 0.25) is 0 Å². The molecule has 2 aliphatic carbocycles. The van der Waals surface area contributed by atoms with Gasteiger partial charge in [-0.1, -0.05) is 36.4 Å². The number of rotatable bonds is 2. The highest BCUT2D eigenvalue weighted by Crippen LogP contribution is 2.46. The second-order valence-corrected chi connectivity index (χ2v) is 11.4. The van der Waals surface area contributed by atoms with Crippen molar-refractivity contribution in [2.45, 2.75) is 12.8 Å². The Labute approximate surface area is 282 Å². The molecule has 0 bridgehead atoms. The number of halogens is 4. The summed E-state index contributed by atoms with van der Waals surface area (Å²) in [5.74, 6) is -4.18. The van der Waals surface area contributed by atoms with Gasteiger partial charge < -0.3 is 0 Å². The van der Waals surface area contributed by atoms with Crippen LogP contribution in [0.4, 0.5) is 23.2 Å². The molecule has 0 spiro atoms. The van der Waals surface area contributed by atoms with Gasteiger partial charge in [0.25, 0.3) is 17.1 Å². The van der Waals surface area contributed by atoms with Gasteiger partial charge in [0.05, 0.1) is 31.9 Å². The Hall–Kier alpha value is -7.50. The first kappa shape index (κ1) is 31.1. The van der Waals surface area contributed by atoms with Gasteiger partial charge in [-0.25, -0.2) is 42.6 Å². The van der Waals surface area contributed by atoms with Gasteiger partial charge in [0.15, 0.2) is 0 Å². The lowest BCUT2D eigenvalue weighted by atomic mass is 9.90. The molecule has 2 aliphatic rings. The Balaban J connectivity index is 1.62. The zero-order valence-electron chi connectivity index (χ0n) is 25.4. The normalized spacial score (nSPS) is 12.8. The molecule has 232 valence electrons. The van der Waals surface area contributed by atoms with Gasteiger partial charge in [0.2, 0.25) is 0 Å². The third kappa shape index (κ3) is 4.35. The Bertz CT molecular complexity index is 2600. The predicted octanol–water partition coefficient (Wildman–Crippen LogP) is 8.24. The van der Waals surface area contributed by atoms with Crippen LogP contribution in [0.25, 0.3) is 70.4 Å². The van der Waals surface area contributed by atoms with Crippen LogP contribution in [-0.4, -0.2) is 0 Å². The van der Waals surface area contributed by atoms with E-state index in [1.165, 1.54) is 6.07 Å². The molecule has 10 heteroatoms. The van der Waals surface area contributed by atoms with E-state index in [-0.39, 0.29) is 45.8 Å². The molecule has 0 N–H and O–H groups in total. The maximum Gasteiger partial charge on any atom is 0.270 e. The lowest BCUT2D eigenvalue weighted by Gasteiger charge is -2.14. The first-order chi connectivity index (χ1) is 24.2. The van der Waals surface area contributed by atoms with Gasteiger partial charge in [0.1, 0.15) is 34.9 Å². The smallest absolute Gasteiger partial charge is 0.232 e. The lowest BCUT2D eigenvalue weighted by molar-refractivity contribution is 0.577. The zero-order valence-corrected chi connectivity index (χ0v) is 25.4. The summed E-state index contributed by atoms with van der Waals surface area (Å²) in [6.45, 7) is 23.0. The first-order valence-corrected chi connectivity index (χ1v) is 14.7. The monoisotopic (exact) mass is 654 g/mol. The van der Waals surface area contributed by atoms with Crippen LogP contribution < -0.4 is 10.4 Å². The molecule has 0 heterocycles. The van der Waals surface area contributed by atoms with E-state index >= 15 is 0 Å². The fourth-order valence-electron chi connectivity index (χ4n) is 7.18. The average Bonchev–Trinajstić information content (AvgIpc) is 3.68. The highest BCUT2D eigenvalue weighted by molar-refractivity contribution is 5.96. The summed E-state index contributed by atoms with van der Waals surface area (Å²) >= 11 is 0. The van der Waals surface area contributed by atoms with Gasteiger partial charge in [0, 0.05) is 5.22 Å². The van der Waals surface area contributed by atoms with E-state index in [0.29, 0.717) is 55.6 Å². The highest BCUT2D eigenvalue weighted by atomic mass is 19.1. The maximum absolute atomic E-state index is 14.8. The molecule has 5 aromatic carbocycles. The molecule has 0 saturated carbocycles. The van der Waals surface area contributed by atoms with Crippen LogP contribution in [0.5, 0.6) is 0 Å². The molecule has 0 unspecified atom stereocenters. The summed E-state index contributed by atoms with van der Waals surface area (Å²) in [5, 5.41) is 30.2. The molecule has 6 nitrogen and oxygen atoms in total. The molecule has 0 amide bonds. The van der Waals surface area contributed by atoms with E-state index < -0.39 is 34.5 Å². The van der Waals surface area contributed by atoms with E-state index in [1.54, 1.807) is 36.4 Å². The molecule has 0 radical (unpaired) electrons. The van der Waals surface area contributed by atoms with Gasteiger partial charge >= 0.3 is 0 Å². The molecule has 0 aromatic heterocycles. The minimum Gasteiger partial charge on any atom is -0.232 e. The third-order valence-corrected chi connectivity index (χ3v) is 9.12. The molecule has 7 rings (SSSR count). The molecule has 50 heavy (non-hydrogen) atoms. The minimum atomic E-state index is -1.05. The van der Waals surface area contributed by atoms with Gasteiger partial charge in [-0.15, -0.1) is 0 Å². The fourth-order valence-corrected chi connectivity index (χ4v) is 7.18. The molecule has 0 aliphatic heterocycles. The molecular formula is C40H14F4N6. The van der Waals surface area contributed by atoms with E-state index in [0.717, 1.165) is 24.3 Å². The second kappa shape index (κ2) is 11.6. The van der Waals surface area contributed by atoms with E-state index in [4.69, 9.17) is 19.7 Å². The van der Waals surface area contributed by atoms with Crippen LogP contribution in [0.1, 0.15) is 27.8 Å². The van der Waals surface area contributed by atoms with Crippen LogP contribution >= 0.6 is 0 Å². The van der Waals surface area contributed by atoms with Crippen molar-refractivity contribution in [2.75, 3.05) is 0 Å². The predicted molar refractivity (Wildman–Crippen MR) is 175 cm³/mol. The molecule has 5 aromatic rings. The van der Waals surface area contributed by atoms with Gasteiger partial charge in [-0.2, -0.15) is 5.26 Å². The number of hydrogen-bond acceptors (Lipinski definition) is 3. The summed E-state index contributed by atoms with van der Waals surface area (Å²) in [4.78, 5) is 10.0. The number of hydrogen-bond donors (Lipinski definition) is 0. The van der Waals surface area contributed by atoms with E-state index in [2.05, 4.69) is 14.5 Å². The first-order valence-electron chi connectivity index (χ1n) is 14.7. The number of nitrogens with zero attached hydrogens (tertiary/aromatic N) is 6. The quantitative estimate of drug-likeness (QED) is 0.139. The standard InChI is InChI=1S/C40H14F4N6/c1-48-34(17-46)36-27-14-25-21(19-10-30(41)29(16-45)31(42)11-19)6-4-8-23(25)37(27)39(35(18-47)49-2)38-24-9-5-7-22(26(24)15-28(36)38)20-12-32(43)40(50-3)33(44)13-20/h4-13H,14-15H2/b36-34-,39-35-. The average molecular weight is 655 g/mol. The summed E-state index contributed by atoms with van der Waals surface area (Å²) < 4.78 is 59.3. The largest absolute Gasteiger partial charge is 0.270 e.